The number of fused-ring (bicyclic) bond motifs is 1. The molecule has 1 unspecified atom stereocenters. The van der Waals surface area contributed by atoms with Crippen LogP contribution in [0.5, 0.6) is 0 Å². The molecule has 4 heteroatoms. The van der Waals surface area contributed by atoms with Gasteiger partial charge in [0.05, 0.1) is 0 Å². The molecule has 0 bridgehead atoms. The predicted octanol–water partition coefficient (Wildman–Crippen LogP) is 2.72. The van der Waals surface area contributed by atoms with Crippen LogP contribution in [0.15, 0.2) is 24.4 Å². The van der Waals surface area contributed by atoms with Crippen LogP contribution in [0, 0.1) is 12.8 Å². The van der Waals surface area contributed by atoms with Gasteiger partial charge in [0.2, 0.25) is 0 Å². The number of benzene rings is 1. The maximum absolute atomic E-state index is 9.18. The Balaban J connectivity index is 1.99. The second-order valence-electron chi connectivity index (χ2n) is 6.01. The van der Waals surface area contributed by atoms with Crippen LogP contribution in [0.25, 0.3) is 10.8 Å². The quantitative estimate of drug-likeness (QED) is 0.851. The molecular formula is C17H23N3O. The van der Waals surface area contributed by atoms with Crippen LogP contribution < -0.4 is 10.6 Å². The molecule has 0 radical (unpaired) electrons. The Bertz CT molecular complexity index is 639. The Morgan fingerprint density at radius 2 is 2.24 bits per heavy atom. The highest BCUT2D eigenvalue weighted by Crippen LogP contribution is 2.33. The molecule has 1 aromatic carbocycles. The van der Waals surface area contributed by atoms with Crippen LogP contribution in [0.2, 0.25) is 0 Å². The van der Waals surface area contributed by atoms with Gasteiger partial charge in [-0.1, -0.05) is 0 Å². The van der Waals surface area contributed by atoms with E-state index < -0.39 is 0 Å². The Kier molecular flexibility index (Phi) is 3.97. The number of nitrogens with two attached hydrogens (primary N) is 1. The first kappa shape index (κ1) is 14.1. The minimum Gasteiger partial charge on any atom is -0.398 e. The number of aromatic nitrogens is 1. The van der Waals surface area contributed by atoms with Crippen molar-refractivity contribution in [3.63, 3.8) is 0 Å². The van der Waals surface area contributed by atoms with E-state index in [1.807, 2.05) is 19.2 Å². The topological polar surface area (TPSA) is 62.4 Å². The molecule has 1 aromatic heterocycles. The highest BCUT2D eigenvalue weighted by molar-refractivity contribution is 6.01. The lowest BCUT2D eigenvalue weighted by atomic mass is 9.94. The highest BCUT2D eigenvalue weighted by Gasteiger charge is 2.21. The third kappa shape index (κ3) is 2.81. The van der Waals surface area contributed by atoms with Gasteiger partial charge < -0.3 is 15.7 Å². The van der Waals surface area contributed by atoms with Crippen molar-refractivity contribution in [2.24, 2.45) is 5.92 Å². The monoisotopic (exact) mass is 285 g/mol. The van der Waals surface area contributed by atoms with Gasteiger partial charge >= 0.3 is 0 Å². The normalized spacial score (nSPS) is 19.1. The number of rotatable bonds is 3. The largest absolute Gasteiger partial charge is 0.398 e. The number of aryl methyl sites for hydroxylation is 1. The number of hydrogen-bond donors (Lipinski definition) is 2. The molecule has 0 aliphatic carbocycles. The van der Waals surface area contributed by atoms with Crippen LogP contribution in [0.4, 0.5) is 11.4 Å². The third-order valence-electron chi connectivity index (χ3n) is 4.45. The van der Waals surface area contributed by atoms with E-state index in [1.165, 1.54) is 23.9 Å². The van der Waals surface area contributed by atoms with Gasteiger partial charge in [0.25, 0.3) is 0 Å². The summed E-state index contributed by atoms with van der Waals surface area (Å²) in [5, 5.41) is 11.4. The van der Waals surface area contributed by atoms with Gasteiger partial charge in [0, 0.05) is 53.7 Å². The molecule has 21 heavy (non-hydrogen) atoms. The standard InChI is InChI=1S/C17H23N3O/c1-12-9-14-15(10-19-12)16(18)4-5-17(14)20-7-2-3-13(11-20)6-8-21/h4-5,9-10,13,21H,2-3,6-8,11,18H2,1H3. The fourth-order valence-electron chi connectivity index (χ4n) is 3.33. The summed E-state index contributed by atoms with van der Waals surface area (Å²) >= 11 is 0. The van der Waals surface area contributed by atoms with Crippen LogP contribution >= 0.6 is 0 Å². The SMILES string of the molecule is Cc1cc2c(N3CCCC(CCO)C3)ccc(N)c2cn1. The number of nitrogens with zero attached hydrogens (tertiary/aromatic N) is 2. The summed E-state index contributed by atoms with van der Waals surface area (Å²) in [5.41, 5.74) is 9.13. The molecule has 0 amide bonds. The molecule has 0 spiro atoms. The number of anilines is 2. The zero-order valence-corrected chi connectivity index (χ0v) is 12.5. The molecule has 1 saturated heterocycles. The van der Waals surface area contributed by atoms with Crippen molar-refractivity contribution in [1.82, 2.24) is 4.98 Å². The van der Waals surface area contributed by atoms with Crippen molar-refractivity contribution in [1.29, 1.82) is 0 Å². The first-order valence-corrected chi connectivity index (χ1v) is 7.69. The molecule has 112 valence electrons. The zero-order chi connectivity index (χ0) is 14.8. The van der Waals surface area contributed by atoms with Crippen LogP contribution in [0.3, 0.4) is 0 Å². The average molecular weight is 285 g/mol. The van der Waals surface area contributed by atoms with E-state index >= 15 is 0 Å². The first-order chi connectivity index (χ1) is 10.2. The van der Waals surface area contributed by atoms with Crippen molar-refractivity contribution in [2.45, 2.75) is 26.2 Å². The highest BCUT2D eigenvalue weighted by atomic mass is 16.3. The molecule has 3 N–H and O–H groups in total. The fraction of sp³-hybridized carbons (Fsp3) is 0.471. The first-order valence-electron chi connectivity index (χ1n) is 7.69. The predicted molar refractivity (Wildman–Crippen MR) is 87.5 cm³/mol. The molecule has 1 fully saturated rings. The summed E-state index contributed by atoms with van der Waals surface area (Å²) in [4.78, 5) is 6.80. The van der Waals surface area contributed by atoms with Gasteiger partial charge in [-0.05, 0) is 50.3 Å². The van der Waals surface area contributed by atoms with E-state index in [0.29, 0.717) is 5.92 Å². The van der Waals surface area contributed by atoms with Crippen LogP contribution in [-0.2, 0) is 0 Å². The van der Waals surface area contributed by atoms with E-state index in [0.717, 1.165) is 36.3 Å². The maximum atomic E-state index is 9.18. The van der Waals surface area contributed by atoms with Crippen molar-refractivity contribution >= 4 is 22.1 Å². The van der Waals surface area contributed by atoms with Gasteiger partial charge in [-0.2, -0.15) is 0 Å². The molecule has 3 rings (SSSR count). The summed E-state index contributed by atoms with van der Waals surface area (Å²) in [7, 11) is 0. The van der Waals surface area contributed by atoms with Crippen molar-refractivity contribution in [3.8, 4) is 0 Å². The minimum atomic E-state index is 0.282. The van der Waals surface area contributed by atoms with Gasteiger partial charge in [-0.25, -0.2) is 0 Å². The van der Waals surface area contributed by atoms with Crippen molar-refractivity contribution in [3.05, 3.63) is 30.1 Å². The molecule has 1 aliphatic heterocycles. The van der Waals surface area contributed by atoms with E-state index in [1.54, 1.807) is 0 Å². The number of piperidine rings is 1. The Morgan fingerprint density at radius 1 is 1.38 bits per heavy atom. The molecule has 1 aliphatic rings. The van der Waals surface area contributed by atoms with E-state index in [4.69, 9.17) is 5.73 Å². The maximum Gasteiger partial charge on any atom is 0.0448 e. The van der Waals surface area contributed by atoms with Gasteiger partial charge in [0.15, 0.2) is 0 Å². The Morgan fingerprint density at radius 3 is 3.05 bits per heavy atom. The van der Waals surface area contributed by atoms with Gasteiger partial charge in [-0.15, -0.1) is 0 Å². The van der Waals surface area contributed by atoms with E-state index in [2.05, 4.69) is 22.0 Å². The number of hydrogen-bond acceptors (Lipinski definition) is 4. The lowest BCUT2D eigenvalue weighted by molar-refractivity contribution is 0.244. The second kappa shape index (κ2) is 5.90. The molecule has 1 atom stereocenters. The number of nitrogen functional groups attached to an aromatic ring is 1. The van der Waals surface area contributed by atoms with Crippen molar-refractivity contribution < 1.29 is 5.11 Å². The van der Waals surface area contributed by atoms with Gasteiger partial charge in [0.1, 0.15) is 0 Å². The summed E-state index contributed by atoms with van der Waals surface area (Å²) in [6.07, 6.45) is 5.16. The summed E-state index contributed by atoms with van der Waals surface area (Å²) in [6.45, 7) is 4.38. The summed E-state index contributed by atoms with van der Waals surface area (Å²) < 4.78 is 0. The molecular weight excluding hydrogens is 262 g/mol. The third-order valence-corrected chi connectivity index (χ3v) is 4.45. The van der Waals surface area contributed by atoms with Crippen LogP contribution in [0.1, 0.15) is 25.0 Å². The smallest absolute Gasteiger partial charge is 0.0448 e. The molecule has 2 heterocycles. The molecule has 0 saturated carbocycles. The van der Waals surface area contributed by atoms with Gasteiger partial charge in [-0.3, -0.25) is 4.98 Å². The summed E-state index contributed by atoms with van der Waals surface area (Å²) in [6, 6.07) is 6.22. The average Bonchev–Trinajstić information content (AvgIpc) is 2.48. The lowest BCUT2D eigenvalue weighted by Crippen LogP contribution is -2.35. The Labute approximate surface area is 125 Å². The lowest BCUT2D eigenvalue weighted by Gasteiger charge is -2.35. The number of aliphatic hydroxyl groups is 1. The van der Waals surface area contributed by atoms with Crippen molar-refractivity contribution in [2.75, 3.05) is 30.3 Å². The molecule has 2 aromatic rings. The Hall–Kier alpha value is -1.81. The second-order valence-corrected chi connectivity index (χ2v) is 6.01. The minimum absolute atomic E-state index is 0.282. The molecule has 4 nitrogen and oxygen atoms in total. The van der Waals surface area contributed by atoms with E-state index in [9.17, 15) is 5.11 Å². The zero-order valence-electron chi connectivity index (χ0n) is 12.5. The fourth-order valence-corrected chi connectivity index (χ4v) is 3.33. The summed E-state index contributed by atoms with van der Waals surface area (Å²) in [5.74, 6) is 0.583. The van der Waals surface area contributed by atoms with E-state index in [-0.39, 0.29) is 6.61 Å². The van der Waals surface area contributed by atoms with Crippen LogP contribution in [-0.4, -0.2) is 29.8 Å². The number of pyridine rings is 1. The number of aliphatic hydroxyl groups excluding tert-OH is 1.